The fourth-order valence-corrected chi connectivity index (χ4v) is 2.46. The summed E-state index contributed by atoms with van der Waals surface area (Å²) in [6.07, 6.45) is 1.02. The first-order valence-corrected chi connectivity index (χ1v) is 9.30. The molecule has 0 saturated carbocycles. The number of carbonyl (C=O) groups excluding carboxylic acids is 4. The predicted octanol–water partition coefficient (Wildman–Crippen LogP) is 3.56. The Kier molecular flexibility index (Phi) is 8.63. The van der Waals surface area contributed by atoms with E-state index in [9.17, 15) is 29.4 Å². The lowest BCUT2D eigenvalue weighted by Gasteiger charge is -2.19. The van der Waals surface area contributed by atoms with E-state index in [-0.39, 0.29) is 25.9 Å². The Bertz CT molecular complexity index is 779. The molecule has 8 nitrogen and oxygen atoms in total. The monoisotopic (exact) mass is 394 g/mol. The molecule has 1 rings (SSSR count). The molecule has 1 aromatic rings. The molecule has 8 heteroatoms. The summed E-state index contributed by atoms with van der Waals surface area (Å²) in [5, 5.41) is 20.7. The van der Waals surface area contributed by atoms with Gasteiger partial charge in [-0.15, -0.1) is 0 Å². The van der Waals surface area contributed by atoms with Gasteiger partial charge in [0.2, 0.25) is 5.75 Å². The third kappa shape index (κ3) is 4.88. The molecule has 154 valence electrons. The Morgan fingerprint density at radius 2 is 1.36 bits per heavy atom. The van der Waals surface area contributed by atoms with Crippen LogP contribution in [0.4, 0.5) is 0 Å². The van der Waals surface area contributed by atoms with Gasteiger partial charge in [0.1, 0.15) is 0 Å². The quantitative estimate of drug-likeness (QED) is 0.203. The van der Waals surface area contributed by atoms with Crippen molar-refractivity contribution in [1.82, 2.24) is 0 Å². The average Bonchev–Trinajstić information content (AvgIpc) is 2.69. The maximum absolute atomic E-state index is 12.7. The van der Waals surface area contributed by atoms with Crippen molar-refractivity contribution in [2.45, 2.75) is 59.8 Å². The van der Waals surface area contributed by atoms with Crippen molar-refractivity contribution in [2.75, 3.05) is 6.61 Å². The summed E-state index contributed by atoms with van der Waals surface area (Å²) in [7, 11) is 0. The van der Waals surface area contributed by atoms with Crippen LogP contribution in [0, 0.1) is 0 Å². The number of carbonyl (C=O) groups is 4. The highest BCUT2D eigenvalue weighted by Gasteiger charge is 2.35. The highest BCUT2D eigenvalue weighted by atomic mass is 16.5. The van der Waals surface area contributed by atoms with Gasteiger partial charge in [-0.25, -0.2) is 4.79 Å². The van der Waals surface area contributed by atoms with Gasteiger partial charge in [0, 0.05) is 19.3 Å². The first kappa shape index (κ1) is 23.1. The van der Waals surface area contributed by atoms with Gasteiger partial charge in [0.25, 0.3) is 0 Å². The molecular formula is C20H26O8. The molecule has 0 bridgehead atoms. The highest BCUT2D eigenvalue weighted by Crippen LogP contribution is 2.45. The van der Waals surface area contributed by atoms with E-state index in [0.29, 0.717) is 6.42 Å². The van der Waals surface area contributed by atoms with Crippen molar-refractivity contribution >= 4 is 23.5 Å². The fraction of sp³-hybridized carbons (Fsp3) is 0.500. The molecule has 0 saturated heterocycles. The fourth-order valence-electron chi connectivity index (χ4n) is 2.46. The van der Waals surface area contributed by atoms with Gasteiger partial charge in [-0.1, -0.05) is 34.1 Å². The number of ketones is 2. The Balaban J connectivity index is 3.86. The van der Waals surface area contributed by atoms with E-state index in [1.54, 1.807) is 0 Å². The molecule has 0 aromatic heterocycles. The van der Waals surface area contributed by atoms with Gasteiger partial charge in [0.05, 0.1) is 23.3 Å². The summed E-state index contributed by atoms with van der Waals surface area (Å²) in [6.45, 7) is 6.43. The summed E-state index contributed by atoms with van der Waals surface area (Å²) in [5.41, 5.74) is -1.46. The number of aromatic hydroxyl groups is 2. The van der Waals surface area contributed by atoms with Crippen LogP contribution in [-0.4, -0.2) is 40.3 Å². The van der Waals surface area contributed by atoms with Crippen LogP contribution in [0.3, 0.4) is 0 Å². The lowest BCUT2D eigenvalue weighted by molar-refractivity contribution is -0.134. The number of phenolic OH excluding ortho intramolecular Hbond substituents is 2. The van der Waals surface area contributed by atoms with E-state index in [2.05, 4.69) is 0 Å². The minimum atomic E-state index is -1.01. The zero-order valence-electron chi connectivity index (χ0n) is 16.6. The zero-order valence-corrected chi connectivity index (χ0v) is 16.6. The molecule has 0 aliphatic carbocycles. The van der Waals surface area contributed by atoms with Crippen LogP contribution in [0.15, 0.2) is 0 Å². The van der Waals surface area contributed by atoms with Gasteiger partial charge >= 0.3 is 11.9 Å². The molecule has 0 radical (unpaired) electrons. The van der Waals surface area contributed by atoms with Crippen molar-refractivity contribution in [3.05, 3.63) is 16.7 Å². The largest absolute Gasteiger partial charge is 0.504 e. The smallest absolute Gasteiger partial charge is 0.339 e. The Hall–Kier alpha value is -2.90. The van der Waals surface area contributed by atoms with Crippen molar-refractivity contribution in [2.24, 2.45) is 0 Å². The average molecular weight is 394 g/mol. The van der Waals surface area contributed by atoms with Crippen LogP contribution >= 0.6 is 0 Å². The Labute approximate surface area is 163 Å². The van der Waals surface area contributed by atoms with Gasteiger partial charge < -0.3 is 19.7 Å². The number of rotatable bonds is 10. The van der Waals surface area contributed by atoms with Gasteiger partial charge in [0.15, 0.2) is 23.1 Å². The summed E-state index contributed by atoms with van der Waals surface area (Å²) >= 11 is 0. The second kappa shape index (κ2) is 10.4. The standard InChI is InChI=1S/C20H26O8/c1-5-9-10-27-20(26)16-14(11(21)6-2)17(24)18(25)19(28-13(23)8-4)15(16)12(22)7-3/h24-25H,5-10H2,1-4H3. The van der Waals surface area contributed by atoms with Crippen LogP contribution in [0.5, 0.6) is 17.2 Å². The Morgan fingerprint density at radius 3 is 1.86 bits per heavy atom. The van der Waals surface area contributed by atoms with Crippen LogP contribution in [0.1, 0.15) is 90.9 Å². The third-order valence-electron chi connectivity index (χ3n) is 4.04. The van der Waals surface area contributed by atoms with Crippen molar-refractivity contribution in [1.29, 1.82) is 0 Å². The van der Waals surface area contributed by atoms with E-state index in [4.69, 9.17) is 9.47 Å². The second-order valence-electron chi connectivity index (χ2n) is 6.02. The summed E-state index contributed by atoms with van der Waals surface area (Å²) in [5.74, 6) is -5.64. The van der Waals surface area contributed by atoms with Crippen molar-refractivity contribution < 1.29 is 38.9 Å². The number of esters is 2. The number of hydrogen-bond acceptors (Lipinski definition) is 8. The molecule has 1 aromatic carbocycles. The maximum Gasteiger partial charge on any atom is 0.339 e. The van der Waals surface area contributed by atoms with E-state index < -0.39 is 57.4 Å². The molecule has 0 fully saturated rings. The molecule has 28 heavy (non-hydrogen) atoms. The summed E-state index contributed by atoms with van der Waals surface area (Å²) in [6, 6.07) is 0. The SMILES string of the molecule is CCCCOC(=O)c1c(C(=O)CC)c(O)c(O)c(OC(=O)CC)c1C(=O)CC. The lowest BCUT2D eigenvalue weighted by atomic mass is 9.91. The summed E-state index contributed by atoms with van der Waals surface area (Å²) in [4.78, 5) is 49.5. The number of unbranched alkanes of at least 4 members (excludes halogenated alkanes) is 1. The molecule has 0 amide bonds. The first-order chi connectivity index (χ1) is 13.2. The van der Waals surface area contributed by atoms with Gasteiger partial charge in [-0.05, 0) is 6.42 Å². The van der Waals surface area contributed by atoms with Crippen molar-refractivity contribution in [3.8, 4) is 17.2 Å². The molecule has 0 unspecified atom stereocenters. The number of hydrogen-bond donors (Lipinski definition) is 2. The minimum Gasteiger partial charge on any atom is -0.504 e. The van der Waals surface area contributed by atoms with Gasteiger partial charge in [-0.3, -0.25) is 14.4 Å². The number of ether oxygens (including phenoxy) is 2. The molecule has 0 heterocycles. The van der Waals surface area contributed by atoms with E-state index in [1.165, 1.54) is 20.8 Å². The number of Topliss-reactive ketones (excluding diaryl/α,β-unsaturated/α-hetero) is 2. The normalized spacial score (nSPS) is 10.4. The summed E-state index contributed by atoms with van der Waals surface area (Å²) < 4.78 is 10.2. The third-order valence-corrected chi connectivity index (χ3v) is 4.04. The second-order valence-corrected chi connectivity index (χ2v) is 6.02. The van der Waals surface area contributed by atoms with Crippen molar-refractivity contribution in [3.63, 3.8) is 0 Å². The molecule has 0 spiro atoms. The molecule has 0 aliphatic heterocycles. The van der Waals surface area contributed by atoms with E-state index in [1.807, 2.05) is 6.92 Å². The first-order valence-electron chi connectivity index (χ1n) is 9.30. The van der Waals surface area contributed by atoms with E-state index >= 15 is 0 Å². The number of benzene rings is 1. The predicted molar refractivity (Wildman–Crippen MR) is 100 cm³/mol. The topological polar surface area (TPSA) is 127 Å². The number of phenols is 2. The lowest BCUT2D eigenvalue weighted by Crippen LogP contribution is -2.20. The van der Waals surface area contributed by atoms with Crippen LogP contribution in [0.2, 0.25) is 0 Å². The zero-order chi connectivity index (χ0) is 21.4. The van der Waals surface area contributed by atoms with Crippen LogP contribution < -0.4 is 4.74 Å². The molecule has 0 atom stereocenters. The van der Waals surface area contributed by atoms with Crippen LogP contribution in [-0.2, 0) is 9.53 Å². The minimum absolute atomic E-state index is 0.0422. The molecular weight excluding hydrogens is 368 g/mol. The molecule has 2 N–H and O–H groups in total. The van der Waals surface area contributed by atoms with E-state index in [0.717, 1.165) is 6.42 Å². The Morgan fingerprint density at radius 1 is 0.786 bits per heavy atom. The highest BCUT2D eigenvalue weighted by molar-refractivity contribution is 6.17. The molecule has 0 aliphatic rings. The van der Waals surface area contributed by atoms with Crippen LogP contribution in [0.25, 0.3) is 0 Å². The maximum atomic E-state index is 12.7. The van der Waals surface area contributed by atoms with Gasteiger partial charge in [-0.2, -0.15) is 0 Å².